The molecule has 0 aliphatic carbocycles. The van der Waals surface area contributed by atoms with E-state index in [-0.39, 0.29) is 5.91 Å². The number of methoxy groups -OCH3 is 1. The van der Waals surface area contributed by atoms with Crippen LogP contribution in [0.3, 0.4) is 0 Å². The number of ether oxygens (including phenoxy) is 1. The van der Waals surface area contributed by atoms with E-state index in [2.05, 4.69) is 22.3 Å². The first-order valence-electron chi connectivity index (χ1n) is 6.33. The topological polar surface area (TPSA) is 41.6 Å². The highest BCUT2D eigenvalue weighted by Crippen LogP contribution is 2.32. The predicted molar refractivity (Wildman–Crippen MR) is 70.6 cm³/mol. The number of carbonyl (C=O) groups excluding carboxylic acids is 1. The smallest absolute Gasteiger partial charge is 0.233 e. The van der Waals surface area contributed by atoms with Crippen LogP contribution in [-0.4, -0.2) is 38.1 Å². The maximum Gasteiger partial charge on any atom is 0.233 e. The van der Waals surface area contributed by atoms with Crippen LogP contribution in [0.5, 0.6) is 5.75 Å². The van der Waals surface area contributed by atoms with E-state index >= 15 is 0 Å². The fraction of sp³-hybridized carbons (Fsp3) is 0.500. The van der Waals surface area contributed by atoms with Gasteiger partial charge in [0.1, 0.15) is 5.75 Å². The van der Waals surface area contributed by atoms with Gasteiger partial charge in [0.2, 0.25) is 5.91 Å². The quantitative estimate of drug-likeness (QED) is 0.879. The van der Waals surface area contributed by atoms with Gasteiger partial charge in [-0.05, 0) is 37.1 Å². The lowest BCUT2D eigenvalue weighted by molar-refractivity contribution is -0.122. The summed E-state index contributed by atoms with van der Waals surface area (Å²) in [4.78, 5) is 13.7. The summed E-state index contributed by atoms with van der Waals surface area (Å²) in [6.45, 7) is 1.47. The molecule has 98 valence electrons. The van der Waals surface area contributed by atoms with Gasteiger partial charge in [0, 0.05) is 13.1 Å². The molecule has 0 saturated carbocycles. The lowest BCUT2D eigenvalue weighted by Crippen LogP contribution is -2.35. The first kappa shape index (κ1) is 12.9. The van der Waals surface area contributed by atoms with Crippen LogP contribution in [0.1, 0.15) is 24.4 Å². The lowest BCUT2D eigenvalue weighted by Gasteiger charge is -2.24. The van der Waals surface area contributed by atoms with Crippen molar-refractivity contribution in [3.63, 3.8) is 0 Å². The third kappa shape index (κ3) is 2.82. The maximum atomic E-state index is 11.5. The van der Waals surface area contributed by atoms with Crippen LogP contribution in [0.15, 0.2) is 24.3 Å². The summed E-state index contributed by atoms with van der Waals surface area (Å²) in [5, 5.41) is 2.68. The average molecular weight is 248 g/mol. The summed E-state index contributed by atoms with van der Waals surface area (Å²) < 4.78 is 5.16. The van der Waals surface area contributed by atoms with Gasteiger partial charge in [-0.3, -0.25) is 9.69 Å². The van der Waals surface area contributed by atoms with Gasteiger partial charge in [-0.2, -0.15) is 0 Å². The molecular formula is C14H20N2O2. The van der Waals surface area contributed by atoms with Crippen molar-refractivity contribution in [2.45, 2.75) is 18.9 Å². The molecule has 4 nitrogen and oxygen atoms in total. The number of amides is 1. The standard InChI is InChI=1S/C14H20N2O2/c1-15-14(17)10-16-9-3-4-13(16)11-5-7-12(18-2)8-6-11/h5-8,13H,3-4,9-10H2,1-2H3,(H,15,17)/t13-/m0/s1. The third-order valence-corrected chi connectivity index (χ3v) is 3.49. The molecule has 4 heteroatoms. The van der Waals surface area contributed by atoms with Crippen LogP contribution >= 0.6 is 0 Å². The Hall–Kier alpha value is -1.55. The fourth-order valence-corrected chi connectivity index (χ4v) is 2.48. The third-order valence-electron chi connectivity index (χ3n) is 3.49. The Kier molecular flexibility index (Phi) is 4.20. The highest BCUT2D eigenvalue weighted by Gasteiger charge is 2.27. The molecule has 0 radical (unpaired) electrons. The first-order valence-corrected chi connectivity index (χ1v) is 6.33. The van der Waals surface area contributed by atoms with Crippen molar-refractivity contribution < 1.29 is 9.53 Å². The molecule has 1 saturated heterocycles. The second kappa shape index (κ2) is 5.87. The molecule has 0 bridgehead atoms. The van der Waals surface area contributed by atoms with Crippen molar-refractivity contribution in [1.82, 2.24) is 10.2 Å². The van der Waals surface area contributed by atoms with Crippen LogP contribution in [0.2, 0.25) is 0 Å². The zero-order valence-corrected chi connectivity index (χ0v) is 11.0. The molecule has 2 rings (SSSR count). The van der Waals surface area contributed by atoms with Gasteiger partial charge in [0.05, 0.1) is 13.7 Å². The summed E-state index contributed by atoms with van der Waals surface area (Å²) in [7, 11) is 3.35. The number of nitrogens with zero attached hydrogens (tertiary/aromatic N) is 1. The second-order valence-electron chi connectivity index (χ2n) is 4.57. The monoisotopic (exact) mass is 248 g/mol. The first-order chi connectivity index (χ1) is 8.74. The van der Waals surface area contributed by atoms with E-state index in [4.69, 9.17) is 4.74 Å². The molecule has 1 aromatic carbocycles. The van der Waals surface area contributed by atoms with Crippen molar-refractivity contribution >= 4 is 5.91 Å². The Morgan fingerprint density at radius 3 is 2.78 bits per heavy atom. The molecule has 1 fully saturated rings. The number of nitrogens with one attached hydrogen (secondary N) is 1. The Balaban J connectivity index is 2.07. The number of hydrogen-bond acceptors (Lipinski definition) is 3. The molecule has 1 aliphatic rings. The number of carbonyl (C=O) groups is 1. The van der Waals surface area contributed by atoms with Crippen molar-refractivity contribution in [3.8, 4) is 5.75 Å². The molecule has 1 aliphatic heterocycles. The normalized spacial score (nSPS) is 19.8. The predicted octanol–water partition coefficient (Wildman–Crippen LogP) is 1.58. The zero-order valence-electron chi connectivity index (χ0n) is 11.0. The van der Waals surface area contributed by atoms with Crippen LogP contribution < -0.4 is 10.1 Å². The van der Waals surface area contributed by atoms with Crippen LogP contribution in [-0.2, 0) is 4.79 Å². The van der Waals surface area contributed by atoms with Crippen molar-refractivity contribution in [1.29, 1.82) is 0 Å². The van der Waals surface area contributed by atoms with Gasteiger partial charge in [-0.25, -0.2) is 0 Å². The van der Waals surface area contributed by atoms with Gasteiger partial charge in [-0.1, -0.05) is 12.1 Å². The Labute approximate surface area is 108 Å². The number of benzene rings is 1. The summed E-state index contributed by atoms with van der Waals surface area (Å²) in [5.41, 5.74) is 1.26. The lowest BCUT2D eigenvalue weighted by atomic mass is 10.0. The molecule has 1 aromatic rings. The minimum absolute atomic E-state index is 0.0791. The summed E-state index contributed by atoms with van der Waals surface area (Å²) >= 11 is 0. The van der Waals surface area contributed by atoms with E-state index < -0.39 is 0 Å². The van der Waals surface area contributed by atoms with Crippen molar-refractivity contribution in [2.75, 3.05) is 27.2 Å². The Morgan fingerprint density at radius 1 is 1.44 bits per heavy atom. The maximum absolute atomic E-state index is 11.5. The van der Waals surface area contributed by atoms with Crippen molar-refractivity contribution in [2.24, 2.45) is 0 Å². The van der Waals surface area contributed by atoms with Crippen LogP contribution in [0.4, 0.5) is 0 Å². The molecular weight excluding hydrogens is 228 g/mol. The van der Waals surface area contributed by atoms with Crippen LogP contribution in [0, 0.1) is 0 Å². The molecule has 0 spiro atoms. The zero-order chi connectivity index (χ0) is 13.0. The van der Waals surface area contributed by atoms with E-state index in [0.717, 1.165) is 25.1 Å². The van der Waals surface area contributed by atoms with E-state index in [0.29, 0.717) is 12.6 Å². The highest BCUT2D eigenvalue weighted by atomic mass is 16.5. The molecule has 0 aromatic heterocycles. The Bertz CT molecular complexity index is 403. The summed E-state index contributed by atoms with van der Waals surface area (Å²) in [5.74, 6) is 0.949. The SMILES string of the molecule is CNC(=O)CN1CCC[C@H]1c1ccc(OC)cc1. The average Bonchev–Trinajstić information content (AvgIpc) is 2.86. The fourth-order valence-electron chi connectivity index (χ4n) is 2.48. The van der Waals surface area contributed by atoms with E-state index in [1.165, 1.54) is 5.56 Å². The molecule has 1 N–H and O–H groups in total. The minimum atomic E-state index is 0.0791. The number of rotatable bonds is 4. The number of hydrogen-bond donors (Lipinski definition) is 1. The summed E-state index contributed by atoms with van der Waals surface area (Å²) in [6, 6.07) is 8.49. The van der Waals surface area contributed by atoms with E-state index in [1.54, 1.807) is 14.2 Å². The largest absolute Gasteiger partial charge is 0.497 e. The second-order valence-corrected chi connectivity index (χ2v) is 4.57. The van der Waals surface area contributed by atoms with Gasteiger partial charge < -0.3 is 10.1 Å². The van der Waals surface area contributed by atoms with Gasteiger partial charge in [0.25, 0.3) is 0 Å². The van der Waals surface area contributed by atoms with Gasteiger partial charge >= 0.3 is 0 Å². The number of likely N-dealkylation sites (N-methyl/N-ethyl adjacent to an activating group) is 1. The minimum Gasteiger partial charge on any atom is -0.497 e. The Morgan fingerprint density at radius 2 is 2.17 bits per heavy atom. The van der Waals surface area contributed by atoms with E-state index in [9.17, 15) is 4.79 Å². The van der Waals surface area contributed by atoms with Crippen LogP contribution in [0.25, 0.3) is 0 Å². The molecule has 0 unspecified atom stereocenters. The van der Waals surface area contributed by atoms with E-state index in [1.807, 2.05) is 12.1 Å². The van der Waals surface area contributed by atoms with Crippen molar-refractivity contribution in [3.05, 3.63) is 29.8 Å². The highest BCUT2D eigenvalue weighted by molar-refractivity contribution is 5.77. The van der Waals surface area contributed by atoms with Gasteiger partial charge in [-0.15, -0.1) is 0 Å². The number of likely N-dealkylation sites (tertiary alicyclic amines) is 1. The molecule has 1 heterocycles. The van der Waals surface area contributed by atoms with Gasteiger partial charge in [0.15, 0.2) is 0 Å². The molecule has 18 heavy (non-hydrogen) atoms. The summed E-state index contributed by atoms with van der Waals surface area (Å²) in [6.07, 6.45) is 2.26. The molecule has 1 amide bonds. The molecule has 1 atom stereocenters.